The number of nitrogens with one attached hydrogen (secondary N) is 1. The van der Waals surface area contributed by atoms with Gasteiger partial charge in [-0.2, -0.15) is 5.10 Å². The van der Waals surface area contributed by atoms with Crippen LogP contribution in [0.5, 0.6) is 0 Å². The van der Waals surface area contributed by atoms with E-state index in [-0.39, 0.29) is 0 Å². The minimum absolute atomic E-state index is 0.558. The lowest BCUT2D eigenvalue weighted by molar-refractivity contribution is 0.0836. The van der Waals surface area contributed by atoms with Crippen molar-refractivity contribution >= 4 is 15.9 Å². The summed E-state index contributed by atoms with van der Waals surface area (Å²) in [4.78, 5) is 0. The van der Waals surface area contributed by atoms with Crippen molar-refractivity contribution in [2.45, 2.75) is 37.5 Å². The monoisotopic (exact) mass is 327 g/mol. The van der Waals surface area contributed by atoms with Gasteiger partial charge in [0, 0.05) is 38.6 Å². The Labute approximate surface area is 123 Å². The molecular weight excluding hydrogens is 306 g/mol. The van der Waals surface area contributed by atoms with Crippen LogP contribution in [0.4, 0.5) is 0 Å². The summed E-state index contributed by atoms with van der Waals surface area (Å²) < 4.78 is 8.80. The van der Waals surface area contributed by atoms with E-state index in [4.69, 9.17) is 9.84 Å². The number of hydrogen-bond donors (Lipinski definition) is 1. The highest BCUT2D eigenvalue weighted by Crippen LogP contribution is 2.37. The molecule has 0 saturated carbocycles. The Morgan fingerprint density at radius 2 is 2.05 bits per heavy atom. The van der Waals surface area contributed by atoms with Crippen molar-refractivity contribution in [3.8, 4) is 0 Å². The van der Waals surface area contributed by atoms with E-state index in [0.29, 0.717) is 11.8 Å². The zero-order valence-corrected chi connectivity index (χ0v) is 13.1. The van der Waals surface area contributed by atoms with Crippen molar-refractivity contribution in [1.29, 1.82) is 0 Å². The largest absolute Gasteiger partial charge is 0.381 e. The summed E-state index contributed by atoms with van der Waals surface area (Å²) in [6.45, 7) is 3.96. The third kappa shape index (κ3) is 2.73. The van der Waals surface area contributed by atoms with Gasteiger partial charge in [-0.3, -0.25) is 4.68 Å². The van der Waals surface area contributed by atoms with Crippen LogP contribution in [0.3, 0.4) is 0 Å². The Morgan fingerprint density at radius 3 is 2.74 bits per heavy atom. The first-order valence-electron chi connectivity index (χ1n) is 7.28. The van der Waals surface area contributed by atoms with E-state index in [1.807, 2.05) is 0 Å². The smallest absolute Gasteiger partial charge is 0.0813 e. The van der Waals surface area contributed by atoms with Crippen LogP contribution in [-0.2, 0) is 11.8 Å². The molecule has 2 aliphatic rings. The summed E-state index contributed by atoms with van der Waals surface area (Å²) in [6.07, 6.45) is 4.72. The molecule has 1 atom stereocenters. The SMILES string of the molecule is Cn1nc(C2CCCNC2)c(Br)c1C1CCOCC1. The quantitative estimate of drug-likeness (QED) is 0.907. The van der Waals surface area contributed by atoms with E-state index in [2.05, 4.69) is 33.0 Å². The summed E-state index contributed by atoms with van der Waals surface area (Å²) >= 11 is 3.82. The normalized spacial score (nSPS) is 25.7. The topological polar surface area (TPSA) is 39.1 Å². The minimum Gasteiger partial charge on any atom is -0.381 e. The van der Waals surface area contributed by atoms with E-state index in [1.54, 1.807) is 0 Å². The molecule has 106 valence electrons. The molecule has 0 aliphatic carbocycles. The molecular formula is C14H22BrN3O. The van der Waals surface area contributed by atoms with Gasteiger partial charge >= 0.3 is 0 Å². The van der Waals surface area contributed by atoms with E-state index in [1.165, 1.54) is 28.7 Å². The molecule has 1 aromatic heterocycles. The highest BCUT2D eigenvalue weighted by atomic mass is 79.9. The van der Waals surface area contributed by atoms with E-state index in [9.17, 15) is 0 Å². The van der Waals surface area contributed by atoms with Gasteiger partial charge in [-0.25, -0.2) is 0 Å². The molecule has 1 unspecified atom stereocenters. The van der Waals surface area contributed by atoms with Crippen LogP contribution in [0.1, 0.15) is 48.9 Å². The van der Waals surface area contributed by atoms with E-state index < -0.39 is 0 Å². The van der Waals surface area contributed by atoms with Gasteiger partial charge in [-0.1, -0.05) is 0 Å². The van der Waals surface area contributed by atoms with Crippen molar-refractivity contribution in [2.75, 3.05) is 26.3 Å². The number of aromatic nitrogens is 2. The summed E-state index contributed by atoms with van der Waals surface area (Å²) in [6, 6.07) is 0. The summed E-state index contributed by atoms with van der Waals surface area (Å²) in [7, 11) is 2.08. The fourth-order valence-corrected chi connectivity index (χ4v) is 4.28. The maximum atomic E-state index is 5.47. The van der Waals surface area contributed by atoms with Gasteiger partial charge in [0.1, 0.15) is 0 Å². The Hall–Kier alpha value is -0.390. The standard InChI is InChI=1S/C14H22BrN3O/c1-18-14(10-4-7-19-8-5-10)12(15)13(17-18)11-3-2-6-16-9-11/h10-11,16H,2-9H2,1H3. The second-order valence-corrected chi connectivity index (χ2v) is 6.43. The number of rotatable bonds is 2. The Bertz CT molecular complexity index is 434. The van der Waals surface area contributed by atoms with Gasteiger partial charge in [-0.15, -0.1) is 0 Å². The first-order chi connectivity index (χ1) is 9.27. The van der Waals surface area contributed by atoms with Crippen LogP contribution in [0.25, 0.3) is 0 Å². The highest BCUT2D eigenvalue weighted by Gasteiger charge is 2.28. The molecule has 2 fully saturated rings. The molecule has 0 aromatic carbocycles. The average molecular weight is 328 g/mol. The maximum absolute atomic E-state index is 5.47. The van der Waals surface area contributed by atoms with Gasteiger partial charge in [0.25, 0.3) is 0 Å². The molecule has 4 nitrogen and oxygen atoms in total. The molecule has 0 radical (unpaired) electrons. The molecule has 0 bridgehead atoms. The predicted octanol–water partition coefficient (Wildman–Crippen LogP) is 2.54. The number of ether oxygens (including phenoxy) is 1. The molecule has 0 amide bonds. The Morgan fingerprint density at radius 1 is 1.26 bits per heavy atom. The molecule has 5 heteroatoms. The molecule has 2 saturated heterocycles. The summed E-state index contributed by atoms with van der Waals surface area (Å²) in [5.74, 6) is 1.15. The van der Waals surface area contributed by atoms with Crippen LogP contribution < -0.4 is 5.32 Å². The van der Waals surface area contributed by atoms with Crippen LogP contribution in [0, 0.1) is 0 Å². The molecule has 3 rings (SSSR count). The fraction of sp³-hybridized carbons (Fsp3) is 0.786. The van der Waals surface area contributed by atoms with Crippen LogP contribution in [-0.4, -0.2) is 36.1 Å². The second kappa shape index (κ2) is 5.94. The van der Waals surface area contributed by atoms with E-state index in [0.717, 1.165) is 39.1 Å². The van der Waals surface area contributed by atoms with Crippen molar-refractivity contribution in [2.24, 2.45) is 7.05 Å². The highest BCUT2D eigenvalue weighted by molar-refractivity contribution is 9.10. The van der Waals surface area contributed by atoms with Crippen molar-refractivity contribution in [3.63, 3.8) is 0 Å². The van der Waals surface area contributed by atoms with Crippen LogP contribution >= 0.6 is 15.9 Å². The Kier molecular flexibility index (Phi) is 4.24. The van der Waals surface area contributed by atoms with Gasteiger partial charge in [-0.05, 0) is 48.2 Å². The van der Waals surface area contributed by atoms with Gasteiger partial charge in [0.05, 0.1) is 15.9 Å². The molecule has 19 heavy (non-hydrogen) atoms. The van der Waals surface area contributed by atoms with Gasteiger partial charge in [0.15, 0.2) is 0 Å². The van der Waals surface area contributed by atoms with Gasteiger partial charge < -0.3 is 10.1 Å². The number of hydrogen-bond acceptors (Lipinski definition) is 3. The molecule has 2 aliphatic heterocycles. The van der Waals surface area contributed by atoms with E-state index >= 15 is 0 Å². The lowest BCUT2D eigenvalue weighted by Gasteiger charge is -2.23. The third-order valence-corrected chi connectivity index (χ3v) is 5.16. The molecule has 1 N–H and O–H groups in total. The van der Waals surface area contributed by atoms with Gasteiger partial charge in [0.2, 0.25) is 0 Å². The molecule has 1 aromatic rings. The first-order valence-corrected chi connectivity index (χ1v) is 8.07. The van der Waals surface area contributed by atoms with Crippen LogP contribution in [0.2, 0.25) is 0 Å². The summed E-state index contributed by atoms with van der Waals surface area (Å²) in [5, 5.41) is 8.28. The van der Waals surface area contributed by atoms with Crippen LogP contribution in [0.15, 0.2) is 4.47 Å². The van der Waals surface area contributed by atoms with Crippen molar-refractivity contribution in [1.82, 2.24) is 15.1 Å². The first kappa shape index (κ1) is 13.6. The molecule has 0 spiro atoms. The Balaban J connectivity index is 1.86. The average Bonchev–Trinajstić information content (AvgIpc) is 2.76. The fourth-order valence-electron chi connectivity index (χ4n) is 3.29. The number of nitrogens with zero attached hydrogens (tertiary/aromatic N) is 2. The number of halogens is 1. The minimum atomic E-state index is 0.558. The zero-order chi connectivity index (χ0) is 13.2. The summed E-state index contributed by atoms with van der Waals surface area (Å²) in [5.41, 5.74) is 2.61. The molecule has 3 heterocycles. The number of piperidine rings is 1. The lowest BCUT2D eigenvalue weighted by atomic mass is 9.92. The van der Waals surface area contributed by atoms with Crippen molar-refractivity contribution in [3.05, 3.63) is 15.9 Å². The predicted molar refractivity (Wildman–Crippen MR) is 78.5 cm³/mol. The zero-order valence-electron chi connectivity index (χ0n) is 11.5. The third-order valence-electron chi connectivity index (χ3n) is 4.35. The lowest BCUT2D eigenvalue weighted by Crippen LogP contribution is -2.28. The second-order valence-electron chi connectivity index (χ2n) is 5.64. The number of aryl methyl sites for hydroxylation is 1. The van der Waals surface area contributed by atoms with Crippen molar-refractivity contribution < 1.29 is 4.74 Å². The maximum Gasteiger partial charge on any atom is 0.0813 e.